The third-order valence-corrected chi connectivity index (χ3v) is 4.77. The van der Waals surface area contributed by atoms with Crippen LogP contribution in [0.3, 0.4) is 0 Å². The largest absolute Gasteiger partial charge is 0.350 e. The van der Waals surface area contributed by atoms with Crippen molar-refractivity contribution < 1.29 is 35.3 Å². The SMILES string of the molecule is CCCC[C@H](CN(O)C=O)C(=O)N1CCC[C@H]1C(=O)Nc1ccc(F)c[n+]1O.[HH]. The lowest BCUT2D eigenvalue weighted by atomic mass is 9.99. The Morgan fingerprint density at radius 3 is 2.93 bits per heavy atom. The summed E-state index contributed by atoms with van der Waals surface area (Å²) in [6.07, 6.45) is 4.21. The number of nitrogens with one attached hydrogen (secondary N) is 1. The summed E-state index contributed by atoms with van der Waals surface area (Å²) in [5, 5.41) is 22.1. The molecule has 1 saturated heterocycles. The minimum absolute atomic E-state index is 0. The average Bonchev–Trinajstić information content (AvgIpc) is 3.16. The van der Waals surface area contributed by atoms with Crippen molar-refractivity contribution in [3.05, 3.63) is 24.1 Å². The predicted molar refractivity (Wildman–Crippen MR) is 96.8 cm³/mol. The standard InChI is InChI=1S/C18H25FN4O5.H2/c1-2-3-5-13(10-21(27)12-24)18(26)22-9-4-6-15(22)17(25)20-16-8-7-14(19)11-23(16)28;/h7-8,11-13,15,27-28H,2-6,9-10H2,1H3;1H/p+1/t13-,15+;/m1./s1. The highest BCUT2D eigenvalue weighted by atomic mass is 19.1. The molecule has 3 amide bonds. The molecule has 2 heterocycles. The van der Waals surface area contributed by atoms with Crippen LogP contribution < -0.4 is 10.0 Å². The molecule has 10 heteroatoms. The summed E-state index contributed by atoms with van der Waals surface area (Å²) < 4.78 is 13.5. The third kappa shape index (κ3) is 5.38. The zero-order valence-corrected chi connectivity index (χ0v) is 15.8. The van der Waals surface area contributed by atoms with Gasteiger partial charge in [-0.2, -0.15) is 0 Å². The van der Waals surface area contributed by atoms with Gasteiger partial charge in [-0.05, 0) is 30.1 Å². The quantitative estimate of drug-likeness (QED) is 0.190. The number of carbonyl (C=O) groups excluding carboxylic acids is 3. The maximum absolute atomic E-state index is 13.1. The topological polar surface area (TPSA) is 114 Å². The Bertz CT molecular complexity index is 723. The minimum atomic E-state index is -0.745. The van der Waals surface area contributed by atoms with Gasteiger partial charge in [0.1, 0.15) is 6.04 Å². The molecule has 0 bridgehead atoms. The maximum atomic E-state index is 13.1. The fourth-order valence-electron chi connectivity index (χ4n) is 3.32. The fourth-order valence-corrected chi connectivity index (χ4v) is 3.32. The van der Waals surface area contributed by atoms with Crippen LogP contribution in [0.1, 0.15) is 40.5 Å². The lowest BCUT2D eigenvalue weighted by Crippen LogP contribution is -2.48. The Balaban J connectivity index is 0.00000420. The Hall–Kier alpha value is -2.75. The van der Waals surface area contributed by atoms with E-state index in [0.717, 1.165) is 25.1 Å². The van der Waals surface area contributed by atoms with Gasteiger partial charge in [-0.15, -0.1) is 0 Å². The zero-order chi connectivity index (χ0) is 20.7. The Labute approximate surface area is 163 Å². The van der Waals surface area contributed by atoms with E-state index in [2.05, 4.69) is 5.32 Å². The normalized spacial score (nSPS) is 17.2. The number of amides is 3. The minimum Gasteiger partial charge on any atom is -0.350 e. The fraction of sp³-hybridized carbons (Fsp3) is 0.556. The Kier molecular flexibility index (Phi) is 7.68. The van der Waals surface area contributed by atoms with Crippen molar-refractivity contribution in [3.63, 3.8) is 0 Å². The molecular formula is C18H28FN4O5+. The number of halogens is 1. The van der Waals surface area contributed by atoms with Gasteiger partial charge < -0.3 is 10.1 Å². The van der Waals surface area contributed by atoms with Crippen molar-refractivity contribution >= 4 is 24.0 Å². The lowest BCUT2D eigenvalue weighted by molar-refractivity contribution is -0.894. The summed E-state index contributed by atoms with van der Waals surface area (Å²) in [4.78, 5) is 37.8. The first-order chi connectivity index (χ1) is 13.4. The summed E-state index contributed by atoms with van der Waals surface area (Å²) in [7, 11) is 0. The zero-order valence-electron chi connectivity index (χ0n) is 15.8. The maximum Gasteiger partial charge on any atom is 0.330 e. The highest BCUT2D eigenvalue weighted by molar-refractivity contribution is 5.96. The molecule has 0 saturated carbocycles. The van der Waals surface area contributed by atoms with Crippen LogP contribution in [-0.4, -0.2) is 57.7 Å². The summed E-state index contributed by atoms with van der Waals surface area (Å²) in [6.45, 7) is 2.22. The number of rotatable bonds is 9. The van der Waals surface area contributed by atoms with Crippen molar-refractivity contribution in [3.8, 4) is 0 Å². The number of hydrogen-bond acceptors (Lipinski definition) is 5. The van der Waals surface area contributed by atoms with Crippen LogP contribution in [0, 0.1) is 11.7 Å². The molecule has 1 fully saturated rings. The van der Waals surface area contributed by atoms with Crippen LogP contribution in [0.4, 0.5) is 10.2 Å². The molecule has 0 radical (unpaired) electrons. The van der Waals surface area contributed by atoms with Crippen LogP contribution in [0.2, 0.25) is 0 Å². The molecule has 1 aromatic rings. The number of hydrogen-bond donors (Lipinski definition) is 3. The molecule has 28 heavy (non-hydrogen) atoms. The number of likely N-dealkylation sites (tertiary alicyclic amines) is 1. The molecule has 2 atom stereocenters. The Morgan fingerprint density at radius 1 is 1.54 bits per heavy atom. The van der Waals surface area contributed by atoms with Crippen LogP contribution >= 0.6 is 0 Å². The molecule has 2 rings (SSSR count). The first-order valence-corrected chi connectivity index (χ1v) is 9.30. The van der Waals surface area contributed by atoms with Crippen LogP contribution in [0.5, 0.6) is 0 Å². The number of pyridine rings is 1. The second-order valence-corrected chi connectivity index (χ2v) is 6.82. The Morgan fingerprint density at radius 2 is 2.29 bits per heavy atom. The van der Waals surface area contributed by atoms with Gasteiger partial charge in [0, 0.05) is 14.0 Å². The van der Waals surface area contributed by atoms with Gasteiger partial charge in [0.2, 0.25) is 12.3 Å². The van der Waals surface area contributed by atoms with E-state index in [0.29, 0.717) is 35.6 Å². The van der Waals surface area contributed by atoms with Gasteiger partial charge in [-0.3, -0.25) is 14.8 Å². The van der Waals surface area contributed by atoms with E-state index in [-0.39, 0.29) is 26.1 Å². The van der Waals surface area contributed by atoms with Crippen molar-refractivity contribution in [2.24, 2.45) is 5.92 Å². The number of anilines is 1. The van der Waals surface area contributed by atoms with Crippen molar-refractivity contribution in [1.82, 2.24) is 9.96 Å². The highest BCUT2D eigenvalue weighted by Crippen LogP contribution is 2.23. The van der Waals surface area contributed by atoms with Crippen LogP contribution in [0.25, 0.3) is 0 Å². The third-order valence-electron chi connectivity index (χ3n) is 4.77. The number of hydroxylamine groups is 2. The molecule has 0 aliphatic carbocycles. The summed E-state index contributed by atoms with van der Waals surface area (Å²) in [5.74, 6) is -2.10. The monoisotopic (exact) mass is 399 g/mol. The van der Waals surface area contributed by atoms with Crippen LogP contribution in [-0.2, 0) is 14.4 Å². The highest BCUT2D eigenvalue weighted by Gasteiger charge is 2.39. The predicted octanol–water partition coefficient (Wildman–Crippen LogP) is 1.18. The van der Waals surface area contributed by atoms with E-state index in [4.69, 9.17) is 0 Å². The summed E-state index contributed by atoms with van der Waals surface area (Å²) in [5.41, 5.74) is 0. The first-order valence-electron chi connectivity index (χ1n) is 9.30. The molecule has 0 unspecified atom stereocenters. The molecule has 0 aromatic carbocycles. The molecule has 1 aliphatic heterocycles. The molecule has 156 valence electrons. The molecule has 3 N–H and O–H groups in total. The van der Waals surface area contributed by atoms with E-state index < -0.39 is 23.7 Å². The molecular weight excluding hydrogens is 371 g/mol. The van der Waals surface area contributed by atoms with E-state index >= 15 is 0 Å². The van der Waals surface area contributed by atoms with E-state index in [1.54, 1.807) is 0 Å². The van der Waals surface area contributed by atoms with E-state index in [1.165, 1.54) is 11.0 Å². The summed E-state index contributed by atoms with van der Waals surface area (Å²) in [6, 6.07) is 1.56. The van der Waals surface area contributed by atoms with E-state index in [1.807, 2.05) is 6.92 Å². The molecule has 9 nitrogen and oxygen atoms in total. The smallest absolute Gasteiger partial charge is 0.330 e. The second kappa shape index (κ2) is 9.98. The van der Waals surface area contributed by atoms with Gasteiger partial charge in [-0.1, -0.05) is 19.8 Å². The molecule has 1 aliphatic rings. The number of carbonyl (C=O) groups is 3. The first kappa shape index (κ1) is 21.5. The number of unbranched alkanes of at least 4 members (excludes halogenated alkanes) is 1. The van der Waals surface area contributed by atoms with Crippen molar-refractivity contribution in [2.75, 3.05) is 18.4 Å². The number of nitrogens with zero attached hydrogens (tertiary/aromatic N) is 3. The van der Waals surface area contributed by atoms with Gasteiger partial charge in [0.25, 0.3) is 0 Å². The second-order valence-electron chi connectivity index (χ2n) is 6.82. The van der Waals surface area contributed by atoms with Gasteiger partial charge in [0.15, 0.2) is 12.0 Å². The van der Waals surface area contributed by atoms with Crippen LogP contribution in [0.15, 0.2) is 18.3 Å². The average molecular weight is 399 g/mol. The lowest BCUT2D eigenvalue weighted by Gasteiger charge is -2.28. The van der Waals surface area contributed by atoms with Crippen molar-refractivity contribution in [1.29, 1.82) is 0 Å². The molecule has 0 spiro atoms. The van der Waals surface area contributed by atoms with Gasteiger partial charge >= 0.3 is 11.7 Å². The summed E-state index contributed by atoms with van der Waals surface area (Å²) >= 11 is 0. The molecule has 1 aromatic heterocycles. The van der Waals surface area contributed by atoms with Gasteiger partial charge in [-0.25, -0.2) is 19.6 Å². The van der Waals surface area contributed by atoms with Gasteiger partial charge in [0.05, 0.1) is 12.5 Å². The van der Waals surface area contributed by atoms with Crippen molar-refractivity contribution in [2.45, 2.75) is 45.1 Å². The van der Waals surface area contributed by atoms with E-state index in [9.17, 15) is 29.2 Å². The number of aromatic nitrogens is 1.